The first-order valence-electron chi connectivity index (χ1n) is 9.63. The number of amidine groups is 1. The largest absolute Gasteiger partial charge is 0.489 e. The van der Waals surface area contributed by atoms with Crippen molar-refractivity contribution in [3.05, 3.63) is 88.4 Å². The van der Waals surface area contributed by atoms with E-state index >= 15 is 0 Å². The molecule has 0 aliphatic carbocycles. The normalized spacial score (nSPS) is 17.6. The van der Waals surface area contributed by atoms with Crippen LogP contribution in [0.25, 0.3) is 0 Å². The molecule has 0 amide bonds. The van der Waals surface area contributed by atoms with Gasteiger partial charge in [0, 0.05) is 11.8 Å². The number of carbonyl (C=O) groups is 1. The van der Waals surface area contributed by atoms with Gasteiger partial charge >= 0.3 is 5.97 Å². The summed E-state index contributed by atoms with van der Waals surface area (Å²) in [6.07, 6.45) is 1.91. The second-order valence-corrected chi connectivity index (χ2v) is 7.66. The van der Waals surface area contributed by atoms with Crippen molar-refractivity contribution in [1.29, 1.82) is 0 Å². The average Bonchev–Trinajstić information content (AvgIpc) is 3.20. The maximum Gasteiger partial charge on any atom is 0.338 e. The molecule has 2 aromatic carbocycles. The molecule has 30 heavy (non-hydrogen) atoms. The number of ether oxygens (including phenoxy) is 2. The lowest BCUT2D eigenvalue weighted by Crippen LogP contribution is -2.34. The van der Waals surface area contributed by atoms with Crippen LogP contribution in [0.2, 0.25) is 0 Å². The van der Waals surface area contributed by atoms with Crippen molar-refractivity contribution in [2.75, 3.05) is 6.61 Å². The van der Waals surface area contributed by atoms with E-state index in [1.54, 1.807) is 13.0 Å². The molecule has 2 heterocycles. The van der Waals surface area contributed by atoms with E-state index < -0.39 is 12.0 Å². The van der Waals surface area contributed by atoms with Gasteiger partial charge in [-0.3, -0.25) is 0 Å². The highest BCUT2D eigenvalue weighted by atomic mass is 32.2. The minimum atomic E-state index is -0.425. The van der Waals surface area contributed by atoms with Crippen LogP contribution in [0.4, 0.5) is 4.39 Å². The Morgan fingerprint density at radius 2 is 2.07 bits per heavy atom. The van der Waals surface area contributed by atoms with Crippen LogP contribution in [0, 0.1) is 5.82 Å². The Bertz CT molecular complexity index is 1060. The molecule has 0 saturated carbocycles. The Labute approximate surface area is 178 Å². The zero-order valence-electron chi connectivity index (χ0n) is 16.7. The van der Waals surface area contributed by atoms with E-state index in [-0.39, 0.29) is 19.0 Å². The summed E-state index contributed by atoms with van der Waals surface area (Å²) in [5.74, 6) is -0.0825. The Kier molecular flexibility index (Phi) is 5.90. The number of thioether (sulfide) groups is 1. The molecule has 154 valence electrons. The molecular weight excluding hydrogens is 403 g/mol. The van der Waals surface area contributed by atoms with Gasteiger partial charge in [-0.1, -0.05) is 42.1 Å². The van der Waals surface area contributed by atoms with Crippen LogP contribution in [-0.4, -0.2) is 22.6 Å². The van der Waals surface area contributed by atoms with Crippen molar-refractivity contribution in [2.45, 2.75) is 26.5 Å². The van der Waals surface area contributed by atoms with Gasteiger partial charge in [0.2, 0.25) is 0 Å². The predicted octanol–water partition coefficient (Wildman–Crippen LogP) is 5.17. The quantitative estimate of drug-likeness (QED) is 0.599. The van der Waals surface area contributed by atoms with Crippen LogP contribution in [0.3, 0.4) is 0 Å². The number of fused-ring (bicyclic) bond motifs is 1. The molecule has 0 fully saturated rings. The highest BCUT2D eigenvalue weighted by Crippen LogP contribution is 2.43. The third-order valence-corrected chi connectivity index (χ3v) is 5.58. The molecule has 2 aromatic rings. The SMILES string of the molecule is CCOC(=O)C1=C(C)N=C2SC=CN2[C@@H]1c1ccccc1OCc1cccc(F)c1. The minimum absolute atomic E-state index is 0.213. The highest BCUT2D eigenvalue weighted by molar-refractivity contribution is 8.16. The summed E-state index contributed by atoms with van der Waals surface area (Å²) in [6, 6.07) is 13.4. The van der Waals surface area contributed by atoms with Gasteiger partial charge < -0.3 is 14.4 Å². The third-order valence-electron chi connectivity index (χ3n) is 4.81. The standard InChI is InChI=1S/C23H21FN2O3S/c1-3-28-22(27)20-15(2)25-23-26(11-12-30-23)21(20)18-9-4-5-10-19(18)29-14-16-7-6-8-17(24)13-16/h4-13,21H,3,14H2,1-2H3/t21-/m1/s1. The van der Waals surface area contributed by atoms with Crippen molar-refractivity contribution >= 4 is 22.9 Å². The van der Waals surface area contributed by atoms with E-state index in [4.69, 9.17) is 9.47 Å². The number of hydrogen-bond donors (Lipinski definition) is 0. The lowest BCUT2D eigenvalue weighted by Gasteiger charge is -2.34. The first-order valence-corrected chi connectivity index (χ1v) is 10.5. The van der Waals surface area contributed by atoms with Gasteiger partial charge in [0.15, 0.2) is 5.17 Å². The number of nitrogens with zero attached hydrogens (tertiary/aromatic N) is 2. The molecule has 5 nitrogen and oxygen atoms in total. The van der Waals surface area contributed by atoms with Gasteiger partial charge in [-0.15, -0.1) is 0 Å². The van der Waals surface area contributed by atoms with Crippen LogP contribution in [0.1, 0.15) is 31.0 Å². The van der Waals surface area contributed by atoms with E-state index in [0.717, 1.165) is 16.3 Å². The summed E-state index contributed by atoms with van der Waals surface area (Å²) in [5, 5.41) is 2.73. The fourth-order valence-electron chi connectivity index (χ4n) is 3.50. The molecular formula is C23H21FN2O3S. The van der Waals surface area contributed by atoms with E-state index in [2.05, 4.69) is 4.99 Å². The summed E-state index contributed by atoms with van der Waals surface area (Å²) in [5.41, 5.74) is 2.65. The Morgan fingerprint density at radius 1 is 1.23 bits per heavy atom. The van der Waals surface area contributed by atoms with Gasteiger partial charge in [-0.05, 0) is 43.0 Å². The first-order chi connectivity index (χ1) is 14.6. The van der Waals surface area contributed by atoms with Gasteiger partial charge in [-0.25, -0.2) is 14.2 Å². The number of esters is 1. The average molecular weight is 424 g/mol. The summed E-state index contributed by atoms with van der Waals surface area (Å²) in [7, 11) is 0. The second-order valence-electron chi connectivity index (χ2n) is 6.78. The summed E-state index contributed by atoms with van der Waals surface area (Å²) < 4.78 is 24.9. The molecule has 4 rings (SSSR count). The van der Waals surface area contributed by atoms with Crippen LogP contribution in [0.15, 0.2) is 76.4 Å². The monoisotopic (exact) mass is 424 g/mol. The maximum atomic E-state index is 13.5. The number of allylic oxidation sites excluding steroid dienone is 1. The number of halogens is 1. The fraction of sp³-hybridized carbons (Fsp3) is 0.217. The zero-order chi connectivity index (χ0) is 21.1. The van der Waals surface area contributed by atoms with E-state index in [9.17, 15) is 9.18 Å². The van der Waals surface area contributed by atoms with Gasteiger partial charge in [0.25, 0.3) is 0 Å². The molecule has 0 spiro atoms. The number of aliphatic imine (C=N–C) groups is 1. The van der Waals surface area contributed by atoms with Crippen molar-refractivity contribution in [3.8, 4) is 5.75 Å². The number of carbonyl (C=O) groups excluding carboxylic acids is 1. The van der Waals surface area contributed by atoms with Crippen LogP contribution in [-0.2, 0) is 16.1 Å². The maximum absolute atomic E-state index is 13.5. The van der Waals surface area contributed by atoms with Crippen LogP contribution >= 0.6 is 11.8 Å². The molecule has 0 bridgehead atoms. The molecule has 0 radical (unpaired) electrons. The molecule has 0 aromatic heterocycles. The smallest absolute Gasteiger partial charge is 0.338 e. The molecule has 0 unspecified atom stereocenters. The van der Waals surface area contributed by atoms with Crippen molar-refractivity contribution in [1.82, 2.24) is 4.90 Å². The fourth-order valence-corrected chi connectivity index (χ4v) is 4.29. The molecule has 2 aliphatic heterocycles. The van der Waals surface area contributed by atoms with Crippen LogP contribution in [0.5, 0.6) is 5.75 Å². The number of rotatable bonds is 6. The van der Waals surface area contributed by atoms with Gasteiger partial charge in [0.05, 0.1) is 23.9 Å². The van der Waals surface area contributed by atoms with Crippen molar-refractivity contribution in [3.63, 3.8) is 0 Å². The molecule has 2 aliphatic rings. The Hall–Kier alpha value is -3.06. The predicted molar refractivity (Wildman–Crippen MR) is 115 cm³/mol. The van der Waals surface area contributed by atoms with E-state index in [0.29, 0.717) is 17.0 Å². The number of benzene rings is 2. The molecule has 1 atom stereocenters. The number of hydrogen-bond acceptors (Lipinski definition) is 6. The van der Waals surface area contributed by atoms with Crippen molar-refractivity contribution in [2.24, 2.45) is 4.99 Å². The first kappa shape index (κ1) is 20.2. The van der Waals surface area contributed by atoms with E-state index in [1.807, 2.05) is 53.8 Å². The summed E-state index contributed by atoms with van der Waals surface area (Å²) in [6.45, 7) is 4.09. The Balaban J connectivity index is 1.71. The molecule has 0 N–H and O–H groups in total. The topological polar surface area (TPSA) is 51.1 Å². The summed E-state index contributed by atoms with van der Waals surface area (Å²) in [4.78, 5) is 19.3. The Morgan fingerprint density at radius 3 is 2.87 bits per heavy atom. The van der Waals surface area contributed by atoms with E-state index in [1.165, 1.54) is 23.9 Å². The highest BCUT2D eigenvalue weighted by Gasteiger charge is 2.38. The zero-order valence-corrected chi connectivity index (χ0v) is 17.5. The lowest BCUT2D eigenvalue weighted by molar-refractivity contribution is -0.139. The third kappa shape index (κ3) is 3.98. The molecule has 7 heteroatoms. The number of para-hydroxylation sites is 1. The van der Waals surface area contributed by atoms with Crippen LogP contribution < -0.4 is 4.74 Å². The lowest BCUT2D eigenvalue weighted by atomic mass is 9.94. The summed E-state index contributed by atoms with van der Waals surface area (Å²) >= 11 is 1.50. The second kappa shape index (κ2) is 8.75. The minimum Gasteiger partial charge on any atom is -0.489 e. The van der Waals surface area contributed by atoms with Crippen molar-refractivity contribution < 1.29 is 18.7 Å². The van der Waals surface area contributed by atoms with Gasteiger partial charge in [0.1, 0.15) is 18.2 Å². The molecule has 0 saturated heterocycles. The van der Waals surface area contributed by atoms with Gasteiger partial charge in [-0.2, -0.15) is 0 Å².